The van der Waals surface area contributed by atoms with Gasteiger partial charge in [-0.2, -0.15) is 13.2 Å². The number of halogens is 3. The molecule has 0 amide bonds. The van der Waals surface area contributed by atoms with Crippen molar-refractivity contribution in [2.45, 2.75) is 25.4 Å². The molecule has 0 fully saturated rings. The van der Waals surface area contributed by atoms with Gasteiger partial charge < -0.3 is 10.1 Å². The summed E-state index contributed by atoms with van der Waals surface area (Å²) in [6.07, 6.45) is -3.68. The number of hydrogen-bond acceptors (Lipinski definition) is 2. The first-order valence-corrected chi connectivity index (χ1v) is 6.28. The molecule has 19 heavy (non-hydrogen) atoms. The van der Waals surface area contributed by atoms with Crippen LogP contribution in [0.1, 0.15) is 23.5 Å². The van der Waals surface area contributed by atoms with Gasteiger partial charge in [-0.05, 0) is 37.4 Å². The lowest BCUT2D eigenvalue weighted by atomic mass is 9.92. The minimum atomic E-state index is -4.25. The summed E-state index contributed by atoms with van der Waals surface area (Å²) in [4.78, 5) is 0. The Kier molecular flexibility index (Phi) is 6.31. The number of nitrogens with one attached hydrogen (secondary N) is 1. The van der Waals surface area contributed by atoms with Gasteiger partial charge in [-0.3, -0.25) is 0 Å². The molecule has 0 aliphatic heterocycles. The van der Waals surface area contributed by atoms with E-state index in [9.17, 15) is 13.2 Å². The van der Waals surface area contributed by atoms with E-state index in [0.717, 1.165) is 17.7 Å². The first kappa shape index (κ1) is 16.0. The molecule has 1 unspecified atom stereocenters. The van der Waals surface area contributed by atoms with Crippen molar-refractivity contribution in [3.63, 3.8) is 0 Å². The molecule has 1 aromatic carbocycles. The first-order chi connectivity index (χ1) is 8.94. The molecule has 0 aliphatic rings. The van der Waals surface area contributed by atoms with Gasteiger partial charge in [-0.1, -0.05) is 24.3 Å². The zero-order valence-corrected chi connectivity index (χ0v) is 11.3. The van der Waals surface area contributed by atoms with Gasteiger partial charge >= 0.3 is 6.18 Å². The highest BCUT2D eigenvalue weighted by Crippen LogP contribution is 2.23. The number of ether oxygens (including phenoxy) is 1. The molecule has 2 nitrogen and oxygen atoms in total. The molecule has 1 N–H and O–H groups in total. The Morgan fingerprint density at radius 3 is 2.53 bits per heavy atom. The Balaban J connectivity index is 2.52. The van der Waals surface area contributed by atoms with Gasteiger partial charge in [0.2, 0.25) is 0 Å². The molecule has 0 radical (unpaired) electrons. The Bertz CT molecular complexity index is 379. The normalized spacial score (nSPS) is 13.5. The lowest BCUT2D eigenvalue weighted by Crippen LogP contribution is -2.22. The van der Waals surface area contributed by atoms with Gasteiger partial charge in [0.05, 0.1) is 0 Å². The summed E-state index contributed by atoms with van der Waals surface area (Å²) in [6.45, 7) is 1.67. The quantitative estimate of drug-likeness (QED) is 0.771. The first-order valence-electron chi connectivity index (χ1n) is 6.28. The van der Waals surface area contributed by atoms with Crippen molar-refractivity contribution in [3.05, 3.63) is 35.4 Å². The third kappa shape index (κ3) is 6.07. The smallest absolute Gasteiger partial charge is 0.372 e. The molecular weight excluding hydrogens is 255 g/mol. The van der Waals surface area contributed by atoms with Crippen LogP contribution in [0.4, 0.5) is 13.2 Å². The van der Waals surface area contributed by atoms with Crippen LogP contribution in [-0.4, -0.2) is 33.0 Å². The second kappa shape index (κ2) is 7.50. The Morgan fingerprint density at radius 1 is 1.26 bits per heavy atom. The summed E-state index contributed by atoms with van der Waals surface area (Å²) in [6, 6.07) is 7.92. The Morgan fingerprint density at radius 2 is 1.95 bits per heavy atom. The van der Waals surface area contributed by atoms with Gasteiger partial charge in [-0.25, -0.2) is 0 Å². The van der Waals surface area contributed by atoms with Crippen molar-refractivity contribution in [2.75, 3.05) is 26.8 Å². The number of likely N-dealkylation sites (N-methyl/N-ethyl adjacent to an activating group) is 1. The van der Waals surface area contributed by atoms with E-state index in [1.54, 1.807) is 0 Å². The topological polar surface area (TPSA) is 21.3 Å². The van der Waals surface area contributed by atoms with E-state index >= 15 is 0 Å². The maximum atomic E-state index is 12.0. The van der Waals surface area contributed by atoms with Crippen molar-refractivity contribution >= 4 is 0 Å². The monoisotopic (exact) mass is 275 g/mol. The fraction of sp³-hybridized carbons (Fsp3) is 0.571. The second-order valence-electron chi connectivity index (χ2n) is 4.57. The SMILES string of the molecule is CNCC(CCOCC(F)(F)F)c1ccccc1C. The van der Waals surface area contributed by atoms with Gasteiger partial charge in [0, 0.05) is 13.2 Å². The molecule has 0 bridgehead atoms. The predicted molar refractivity (Wildman–Crippen MR) is 69.3 cm³/mol. The zero-order valence-electron chi connectivity index (χ0n) is 11.3. The van der Waals surface area contributed by atoms with Gasteiger partial charge in [0.25, 0.3) is 0 Å². The van der Waals surface area contributed by atoms with E-state index in [-0.39, 0.29) is 12.5 Å². The van der Waals surface area contributed by atoms with Crippen molar-refractivity contribution in [2.24, 2.45) is 0 Å². The highest BCUT2D eigenvalue weighted by atomic mass is 19.4. The fourth-order valence-corrected chi connectivity index (χ4v) is 2.07. The fourth-order valence-electron chi connectivity index (χ4n) is 2.07. The average molecular weight is 275 g/mol. The van der Waals surface area contributed by atoms with Gasteiger partial charge in [0.1, 0.15) is 6.61 Å². The molecular formula is C14H20F3NO. The van der Waals surface area contributed by atoms with Crippen LogP contribution in [0.5, 0.6) is 0 Å². The summed E-state index contributed by atoms with van der Waals surface area (Å²) >= 11 is 0. The molecule has 5 heteroatoms. The molecule has 0 spiro atoms. The Labute approximate surface area is 112 Å². The highest BCUT2D eigenvalue weighted by Gasteiger charge is 2.27. The number of hydrogen-bond donors (Lipinski definition) is 1. The Hall–Kier alpha value is -1.07. The molecule has 0 saturated heterocycles. The van der Waals surface area contributed by atoms with Gasteiger partial charge in [-0.15, -0.1) is 0 Å². The van der Waals surface area contributed by atoms with Gasteiger partial charge in [0.15, 0.2) is 0 Å². The molecule has 0 aromatic heterocycles. The molecule has 0 saturated carbocycles. The van der Waals surface area contributed by atoms with Crippen LogP contribution in [0.2, 0.25) is 0 Å². The summed E-state index contributed by atoms with van der Waals surface area (Å²) in [5.74, 6) is 0.166. The van der Waals surface area contributed by atoms with Crippen molar-refractivity contribution < 1.29 is 17.9 Å². The number of benzene rings is 1. The van der Waals surface area contributed by atoms with E-state index in [1.807, 2.05) is 38.2 Å². The zero-order chi connectivity index (χ0) is 14.3. The van der Waals surface area contributed by atoms with Crippen molar-refractivity contribution in [1.29, 1.82) is 0 Å². The summed E-state index contributed by atoms with van der Waals surface area (Å²) in [5.41, 5.74) is 2.31. The molecule has 1 rings (SSSR count). The minimum absolute atomic E-state index is 0.111. The van der Waals surface area contributed by atoms with E-state index in [2.05, 4.69) is 10.1 Å². The van der Waals surface area contributed by atoms with Crippen LogP contribution in [0.15, 0.2) is 24.3 Å². The lowest BCUT2D eigenvalue weighted by Gasteiger charge is -2.19. The molecule has 0 aliphatic carbocycles. The maximum Gasteiger partial charge on any atom is 0.411 e. The molecule has 108 valence electrons. The second-order valence-corrected chi connectivity index (χ2v) is 4.57. The number of rotatable bonds is 7. The van der Waals surface area contributed by atoms with Crippen LogP contribution < -0.4 is 5.32 Å². The van der Waals surface area contributed by atoms with Crippen LogP contribution in [0.25, 0.3) is 0 Å². The number of aryl methyl sites for hydroxylation is 1. The third-order valence-corrected chi connectivity index (χ3v) is 2.96. The van der Waals surface area contributed by atoms with Crippen molar-refractivity contribution in [3.8, 4) is 0 Å². The summed E-state index contributed by atoms with van der Waals surface area (Å²) in [5, 5.41) is 3.07. The molecule has 1 aromatic rings. The average Bonchev–Trinajstić information content (AvgIpc) is 2.33. The third-order valence-electron chi connectivity index (χ3n) is 2.96. The minimum Gasteiger partial charge on any atom is -0.372 e. The standard InChI is InChI=1S/C14H20F3NO/c1-11-5-3-4-6-13(11)12(9-18-2)7-8-19-10-14(15,16)17/h3-6,12,18H,7-10H2,1-2H3. The lowest BCUT2D eigenvalue weighted by molar-refractivity contribution is -0.174. The van der Waals surface area contributed by atoms with E-state index in [0.29, 0.717) is 6.42 Å². The van der Waals surface area contributed by atoms with Crippen LogP contribution >= 0.6 is 0 Å². The van der Waals surface area contributed by atoms with E-state index in [1.165, 1.54) is 0 Å². The van der Waals surface area contributed by atoms with Crippen LogP contribution in [-0.2, 0) is 4.74 Å². The molecule has 1 atom stereocenters. The molecule has 0 heterocycles. The summed E-state index contributed by atoms with van der Waals surface area (Å²) < 4.78 is 40.6. The number of alkyl halides is 3. The van der Waals surface area contributed by atoms with E-state index < -0.39 is 12.8 Å². The van der Waals surface area contributed by atoms with E-state index in [4.69, 9.17) is 0 Å². The predicted octanol–water partition coefficient (Wildman–Crippen LogP) is 3.27. The van der Waals surface area contributed by atoms with Crippen LogP contribution in [0.3, 0.4) is 0 Å². The summed E-state index contributed by atoms with van der Waals surface area (Å²) in [7, 11) is 1.84. The highest BCUT2D eigenvalue weighted by molar-refractivity contribution is 5.29. The van der Waals surface area contributed by atoms with Crippen molar-refractivity contribution in [1.82, 2.24) is 5.32 Å². The maximum absolute atomic E-state index is 12.0. The van der Waals surface area contributed by atoms with Crippen LogP contribution in [0, 0.1) is 6.92 Å². The largest absolute Gasteiger partial charge is 0.411 e.